The van der Waals surface area contributed by atoms with Crippen LogP contribution in [0.4, 0.5) is 0 Å². The summed E-state index contributed by atoms with van der Waals surface area (Å²) < 4.78 is 0. The van der Waals surface area contributed by atoms with Gasteiger partial charge in [0.05, 0.1) is 26.4 Å². The van der Waals surface area contributed by atoms with Crippen molar-refractivity contribution in [1.82, 2.24) is 0 Å². The largest absolute Gasteiger partial charge is 0.508 e. The average Bonchev–Trinajstić information content (AvgIpc) is 2.60. The lowest BCUT2D eigenvalue weighted by Crippen LogP contribution is -1.95. The van der Waals surface area contributed by atoms with Crippen LogP contribution in [0.3, 0.4) is 0 Å². The van der Waals surface area contributed by atoms with E-state index in [0.29, 0.717) is 5.56 Å². The number of benzene rings is 2. The molecule has 2 rings (SSSR count). The summed E-state index contributed by atoms with van der Waals surface area (Å²) in [6.45, 7) is 0.119. The van der Waals surface area contributed by atoms with Gasteiger partial charge in [-0.05, 0) is 30.7 Å². The van der Waals surface area contributed by atoms with Crippen molar-refractivity contribution in [2.24, 2.45) is 0 Å². The molecule has 8 heteroatoms. The Morgan fingerprint density at radius 3 is 1.48 bits per heavy atom. The van der Waals surface area contributed by atoms with E-state index in [1.54, 1.807) is 6.92 Å². The lowest BCUT2D eigenvalue weighted by atomic mass is 10.0. The SMILES string of the molecule is Cc1c(O)cc(CO)c(O)c1CO.OCc1cc(O)cc(CO)c1O. The third-order valence-corrected chi connectivity index (χ3v) is 3.66. The highest BCUT2D eigenvalue weighted by Crippen LogP contribution is 2.32. The molecule has 0 aliphatic carbocycles. The summed E-state index contributed by atoms with van der Waals surface area (Å²) in [5.41, 5.74) is 1.31. The molecule has 0 saturated carbocycles. The summed E-state index contributed by atoms with van der Waals surface area (Å²) in [5, 5.41) is 72.2. The van der Waals surface area contributed by atoms with Crippen LogP contribution in [0, 0.1) is 6.92 Å². The van der Waals surface area contributed by atoms with Crippen LogP contribution in [0.1, 0.15) is 27.8 Å². The van der Waals surface area contributed by atoms with Gasteiger partial charge in [-0.2, -0.15) is 0 Å². The summed E-state index contributed by atoms with van der Waals surface area (Å²) in [5.74, 6) is -0.440. The molecule has 0 fully saturated rings. The van der Waals surface area contributed by atoms with E-state index in [2.05, 4.69) is 0 Å². The third-order valence-electron chi connectivity index (χ3n) is 3.66. The molecule has 138 valence electrons. The monoisotopic (exact) mass is 354 g/mol. The maximum absolute atomic E-state index is 9.46. The number of phenolic OH excluding ortho intramolecular Hbond substituents is 2. The highest BCUT2D eigenvalue weighted by Gasteiger charge is 2.12. The van der Waals surface area contributed by atoms with Gasteiger partial charge >= 0.3 is 0 Å². The van der Waals surface area contributed by atoms with Crippen molar-refractivity contribution in [2.75, 3.05) is 0 Å². The van der Waals surface area contributed by atoms with Gasteiger partial charge in [0.15, 0.2) is 0 Å². The van der Waals surface area contributed by atoms with E-state index in [-0.39, 0.29) is 71.7 Å². The second-order valence-electron chi connectivity index (χ2n) is 5.25. The van der Waals surface area contributed by atoms with Crippen molar-refractivity contribution in [3.8, 4) is 23.0 Å². The van der Waals surface area contributed by atoms with E-state index < -0.39 is 0 Å². The number of rotatable bonds is 4. The molecule has 0 atom stereocenters. The molecule has 0 aromatic heterocycles. The molecule has 8 nitrogen and oxygen atoms in total. The van der Waals surface area contributed by atoms with Gasteiger partial charge in [0.2, 0.25) is 0 Å². The van der Waals surface area contributed by atoms with Crippen LogP contribution in [0.2, 0.25) is 0 Å². The fourth-order valence-electron chi connectivity index (χ4n) is 2.16. The van der Waals surface area contributed by atoms with Gasteiger partial charge in [0.1, 0.15) is 23.0 Å². The molecule has 0 heterocycles. The Balaban J connectivity index is 0.000000251. The van der Waals surface area contributed by atoms with Crippen LogP contribution in [0.15, 0.2) is 18.2 Å². The minimum atomic E-state index is -0.368. The van der Waals surface area contributed by atoms with E-state index >= 15 is 0 Å². The van der Waals surface area contributed by atoms with Crippen molar-refractivity contribution < 1.29 is 40.9 Å². The highest BCUT2D eigenvalue weighted by molar-refractivity contribution is 5.51. The number of phenols is 4. The fourth-order valence-corrected chi connectivity index (χ4v) is 2.16. The second-order valence-corrected chi connectivity index (χ2v) is 5.25. The Bertz CT molecular complexity index is 702. The summed E-state index contributed by atoms with van der Waals surface area (Å²) in [6, 6.07) is 3.77. The van der Waals surface area contributed by atoms with Gasteiger partial charge in [-0.3, -0.25) is 0 Å². The molecule has 2 aromatic carbocycles. The zero-order valence-electron chi connectivity index (χ0n) is 13.6. The first-order valence-electron chi connectivity index (χ1n) is 7.31. The first kappa shape index (κ1) is 20.5. The Kier molecular flexibility index (Phi) is 7.46. The summed E-state index contributed by atoms with van der Waals surface area (Å²) in [4.78, 5) is 0. The topological polar surface area (TPSA) is 162 Å². The van der Waals surface area contributed by atoms with Crippen LogP contribution in [-0.2, 0) is 26.4 Å². The zero-order valence-corrected chi connectivity index (χ0v) is 13.6. The molecule has 0 unspecified atom stereocenters. The first-order chi connectivity index (χ1) is 11.8. The van der Waals surface area contributed by atoms with Crippen molar-refractivity contribution in [3.05, 3.63) is 46.0 Å². The summed E-state index contributed by atoms with van der Waals surface area (Å²) in [6.07, 6.45) is 0. The zero-order chi connectivity index (χ0) is 19.1. The predicted octanol–water partition coefficient (Wildman–Crippen LogP) is 0.473. The van der Waals surface area contributed by atoms with E-state index in [0.717, 1.165) is 0 Å². The Labute approximate surface area is 144 Å². The van der Waals surface area contributed by atoms with Crippen molar-refractivity contribution >= 4 is 0 Å². The number of aromatic hydroxyl groups is 4. The molecule has 0 amide bonds. The van der Waals surface area contributed by atoms with Crippen molar-refractivity contribution in [1.29, 1.82) is 0 Å². The highest BCUT2D eigenvalue weighted by atomic mass is 16.3. The second kappa shape index (κ2) is 9.09. The van der Waals surface area contributed by atoms with E-state index in [1.807, 2.05) is 0 Å². The van der Waals surface area contributed by atoms with E-state index in [9.17, 15) is 15.3 Å². The predicted molar refractivity (Wildman–Crippen MR) is 88.0 cm³/mol. The van der Waals surface area contributed by atoms with Crippen LogP contribution in [0.25, 0.3) is 0 Å². The molecule has 8 N–H and O–H groups in total. The molecule has 0 spiro atoms. The maximum atomic E-state index is 9.46. The van der Waals surface area contributed by atoms with Gasteiger partial charge in [-0.15, -0.1) is 0 Å². The lowest BCUT2D eigenvalue weighted by molar-refractivity contribution is 0.261. The fraction of sp³-hybridized carbons (Fsp3) is 0.294. The first-order valence-corrected chi connectivity index (χ1v) is 7.31. The van der Waals surface area contributed by atoms with Gasteiger partial charge in [0, 0.05) is 22.3 Å². The van der Waals surface area contributed by atoms with Crippen LogP contribution in [-0.4, -0.2) is 40.9 Å². The number of aliphatic hydroxyl groups is 4. The third kappa shape index (κ3) is 4.74. The van der Waals surface area contributed by atoms with Crippen LogP contribution < -0.4 is 0 Å². The Hall–Kier alpha value is -2.52. The molecule has 0 aliphatic heterocycles. The lowest BCUT2D eigenvalue weighted by Gasteiger charge is -2.11. The van der Waals surface area contributed by atoms with Crippen LogP contribution >= 0.6 is 0 Å². The molecule has 0 aliphatic rings. The minimum absolute atomic E-state index is 0.0362. The van der Waals surface area contributed by atoms with Crippen molar-refractivity contribution in [2.45, 2.75) is 33.4 Å². The van der Waals surface area contributed by atoms with Gasteiger partial charge in [0.25, 0.3) is 0 Å². The number of hydrogen-bond acceptors (Lipinski definition) is 8. The van der Waals surface area contributed by atoms with Crippen molar-refractivity contribution in [3.63, 3.8) is 0 Å². The average molecular weight is 354 g/mol. The quantitative estimate of drug-likeness (QED) is 0.368. The molecule has 0 bridgehead atoms. The maximum Gasteiger partial charge on any atom is 0.127 e. The summed E-state index contributed by atoms with van der Waals surface area (Å²) in [7, 11) is 0. The smallest absolute Gasteiger partial charge is 0.127 e. The normalized spacial score (nSPS) is 10.3. The van der Waals surface area contributed by atoms with Crippen LogP contribution in [0.5, 0.6) is 23.0 Å². The molecule has 0 saturated heterocycles. The van der Waals surface area contributed by atoms with E-state index in [4.69, 9.17) is 25.5 Å². The number of hydrogen-bond donors (Lipinski definition) is 8. The van der Waals surface area contributed by atoms with Gasteiger partial charge in [-0.1, -0.05) is 0 Å². The molecule has 0 radical (unpaired) electrons. The molecule has 2 aromatic rings. The van der Waals surface area contributed by atoms with Gasteiger partial charge in [-0.25, -0.2) is 0 Å². The Morgan fingerprint density at radius 2 is 1.08 bits per heavy atom. The Morgan fingerprint density at radius 1 is 0.640 bits per heavy atom. The molecule has 25 heavy (non-hydrogen) atoms. The minimum Gasteiger partial charge on any atom is -0.508 e. The molecular weight excluding hydrogens is 332 g/mol. The number of aliphatic hydroxyl groups excluding tert-OH is 4. The standard InChI is InChI=1S/C9H12O4.C8H10O4/c1-5-7(4-11)9(13)6(3-10)2-8(5)12;9-3-5-1-7(11)2-6(4-10)8(5)12/h2,10-13H,3-4H2,1H3;1-2,9-12H,3-4H2. The van der Waals surface area contributed by atoms with E-state index in [1.165, 1.54) is 18.2 Å². The summed E-state index contributed by atoms with van der Waals surface area (Å²) >= 11 is 0. The molecular formula is C17H22O8. The van der Waals surface area contributed by atoms with Gasteiger partial charge < -0.3 is 40.9 Å².